The van der Waals surface area contributed by atoms with Gasteiger partial charge in [-0.3, -0.25) is 4.99 Å². The van der Waals surface area contributed by atoms with Gasteiger partial charge in [0.25, 0.3) is 0 Å². The van der Waals surface area contributed by atoms with E-state index in [4.69, 9.17) is 5.73 Å². The molecule has 19 heavy (non-hydrogen) atoms. The Labute approximate surface area is 113 Å². The normalized spacial score (nSPS) is 21.8. The summed E-state index contributed by atoms with van der Waals surface area (Å²) in [6, 6.07) is 18.9. The van der Waals surface area contributed by atoms with Crippen molar-refractivity contribution in [1.29, 1.82) is 0 Å². The van der Waals surface area contributed by atoms with Crippen LogP contribution < -0.4 is 11.1 Å². The Morgan fingerprint density at radius 2 is 1.63 bits per heavy atom. The first-order valence-electron chi connectivity index (χ1n) is 6.41. The number of nitrogens with one attached hydrogen (secondary N) is 1. The number of hydrogen-bond donors (Lipinski definition) is 2. The minimum atomic E-state index is -0.181. The van der Waals surface area contributed by atoms with Crippen LogP contribution in [0.2, 0.25) is 0 Å². The molecule has 0 aliphatic carbocycles. The molecule has 3 rings (SSSR count). The van der Waals surface area contributed by atoms with E-state index in [0.29, 0.717) is 12.5 Å². The number of rotatable bonds is 2. The number of hydrogen-bond acceptors (Lipinski definition) is 3. The van der Waals surface area contributed by atoms with E-state index in [9.17, 15) is 0 Å². The second kappa shape index (κ2) is 4.43. The van der Waals surface area contributed by atoms with Gasteiger partial charge in [0.2, 0.25) is 0 Å². The van der Waals surface area contributed by atoms with Crippen molar-refractivity contribution in [3.8, 4) is 11.1 Å². The summed E-state index contributed by atoms with van der Waals surface area (Å²) in [5.74, 6) is 0.523. The molecule has 3 N–H and O–H groups in total. The van der Waals surface area contributed by atoms with E-state index in [1.54, 1.807) is 0 Å². The van der Waals surface area contributed by atoms with Gasteiger partial charge in [0.1, 0.15) is 0 Å². The number of guanidine groups is 1. The first-order valence-corrected chi connectivity index (χ1v) is 6.41. The van der Waals surface area contributed by atoms with Crippen LogP contribution in [0.3, 0.4) is 0 Å². The molecule has 1 heterocycles. The lowest BCUT2D eigenvalue weighted by Crippen LogP contribution is -2.42. The zero-order valence-corrected chi connectivity index (χ0v) is 10.9. The number of nitrogens with zero attached hydrogens (tertiary/aromatic N) is 1. The molecule has 0 saturated carbocycles. The maximum atomic E-state index is 5.71. The Bertz CT molecular complexity index is 602. The second-order valence-corrected chi connectivity index (χ2v) is 5.10. The summed E-state index contributed by atoms with van der Waals surface area (Å²) in [6.45, 7) is 2.80. The fourth-order valence-electron chi connectivity index (χ4n) is 2.43. The molecule has 0 radical (unpaired) electrons. The third-order valence-corrected chi connectivity index (χ3v) is 3.60. The van der Waals surface area contributed by atoms with Gasteiger partial charge >= 0.3 is 0 Å². The molecule has 0 amide bonds. The molecular formula is C16H17N3. The Morgan fingerprint density at radius 1 is 1.00 bits per heavy atom. The Hall–Kier alpha value is -2.29. The van der Waals surface area contributed by atoms with E-state index in [1.165, 1.54) is 16.7 Å². The van der Waals surface area contributed by atoms with Gasteiger partial charge in [0.15, 0.2) is 5.96 Å². The van der Waals surface area contributed by atoms with Crippen molar-refractivity contribution in [1.82, 2.24) is 5.32 Å². The van der Waals surface area contributed by atoms with Crippen molar-refractivity contribution in [2.75, 3.05) is 6.54 Å². The maximum absolute atomic E-state index is 5.71. The maximum Gasteiger partial charge on any atom is 0.189 e. The third kappa shape index (κ3) is 2.19. The van der Waals surface area contributed by atoms with Crippen LogP contribution >= 0.6 is 0 Å². The Kier molecular flexibility index (Phi) is 2.75. The SMILES string of the molecule is CC1(c2ccc(-c3ccccc3)cc2)CN=C(N)N1. The standard InChI is InChI=1S/C16H17N3/c1-16(11-18-15(17)19-16)14-9-7-13(8-10-14)12-5-3-2-4-6-12/h2-10H,11H2,1H3,(H3,17,18,19). The summed E-state index contributed by atoms with van der Waals surface area (Å²) >= 11 is 0. The second-order valence-electron chi connectivity index (χ2n) is 5.10. The smallest absolute Gasteiger partial charge is 0.189 e. The summed E-state index contributed by atoms with van der Waals surface area (Å²) in [6.07, 6.45) is 0. The number of aliphatic imine (C=N–C) groups is 1. The summed E-state index contributed by atoms with van der Waals surface area (Å²) in [5, 5.41) is 3.23. The highest BCUT2D eigenvalue weighted by Gasteiger charge is 2.31. The van der Waals surface area contributed by atoms with Gasteiger partial charge < -0.3 is 11.1 Å². The molecule has 1 aliphatic heterocycles. The highest BCUT2D eigenvalue weighted by atomic mass is 15.2. The van der Waals surface area contributed by atoms with Gasteiger partial charge in [-0.1, -0.05) is 54.6 Å². The van der Waals surface area contributed by atoms with Crippen LogP contribution in [-0.4, -0.2) is 12.5 Å². The lowest BCUT2D eigenvalue weighted by molar-refractivity contribution is 0.480. The van der Waals surface area contributed by atoms with Crippen LogP contribution in [0.25, 0.3) is 11.1 Å². The van der Waals surface area contributed by atoms with Crippen LogP contribution in [-0.2, 0) is 5.54 Å². The molecule has 2 aromatic rings. The molecule has 0 fully saturated rings. The molecule has 0 aromatic heterocycles. The summed E-state index contributed by atoms with van der Waals surface area (Å²) in [4.78, 5) is 4.23. The van der Waals surface area contributed by atoms with E-state index < -0.39 is 0 Å². The van der Waals surface area contributed by atoms with E-state index in [2.05, 4.69) is 65.8 Å². The average Bonchev–Trinajstić information content (AvgIpc) is 2.81. The van der Waals surface area contributed by atoms with Gasteiger partial charge in [-0.2, -0.15) is 0 Å². The molecule has 1 atom stereocenters. The summed E-state index contributed by atoms with van der Waals surface area (Å²) in [7, 11) is 0. The lowest BCUT2D eigenvalue weighted by Gasteiger charge is -2.25. The summed E-state index contributed by atoms with van der Waals surface area (Å²) in [5.41, 5.74) is 9.18. The Morgan fingerprint density at radius 3 is 2.21 bits per heavy atom. The fourth-order valence-corrected chi connectivity index (χ4v) is 2.43. The zero-order valence-electron chi connectivity index (χ0n) is 10.9. The topological polar surface area (TPSA) is 50.4 Å². The van der Waals surface area contributed by atoms with Crippen molar-refractivity contribution < 1.29 is 0 Å². The minimum absolute atomic E-state index is 0.181. The van der Waals surface area contributed by atoms with E-state index in [0.717, 1.165) is 0 Å². The van der Waals surface area contributed by atoms with Crippen molar-refractivity contribution in [2.45, 2.75) is 12.5 Å². The largest absolute Gasteiger partial charge is 0.370 e. The predicted molar refractivity (Wildman–Crippen MR) is 78.9 cm³/mol. The van der Waals surface area contributed by atoms with Crippen molar-refractivity contribution in [3.63, 3.8) is 0 Å². The lowest BCUT2D eigenvalue weighted by atomic mass is 9.91. The summed E-state index contributed by atoms with van der Waals surface area (Å²) < 4.78 is 0. The van der Waals surface area contributed by atoms with Gasteiger partial charge in [-0.15, -0.1) is 0 Å². The van der Waals surface area contributed by atoms with Gasteiger partial charge in [-0.25, -0.2) is 0 Å². The first-order chi connectivity index (χ1) is 9.17. The molecule has 1 unspecified atom stereocenters. The zero-order chi connectivity index (χ0) is 13.3. The molecule has 2 aromatic carbocycles. The van der Waals surface area contributed by atoms with Crippen LogP contribution in [0.5, 0.6) is 0 Å². The van der Waals surface area contributed by atoms with Crippen LogP contribution in [0.4, 0.5) is 0 Å². The quantitative estimate of drug-likeness (QED) is 0.861. The Balaban J connectivity index is 1.88. The molecule has 0 bridgehead atoms. The highest BCUT2D eigenvalue weighted by Crippen LogP contribution is 2.27. The van der Waals surface area contributed by atoms with Crippen LogP contribution in [0.15, 0.2) is 59.6 Å². The average molecular weight is 251 g/mol. The molecule has 3 heteroatoms. The van der Waals surface area contributed by atoms with E-state index in [-0.39, 0.29) is 5.54 Å². The van der Waals surface area contributed by atoms with Gasteiger partial charge in [-0.05, 0) is 23.6 Å². The molecule has 0 spiro atoms. The molecule has 3 nitrogen and oxygen atoms in total. The van der Waals surface area contributed by atoms with Crippen molar-refractivity contribution >= 4 is 5.96 Å². The highest BCUT2D eigenvalue weighted by molar-refractivity contribution is 5.81. The van der Waals surface area contributed by atoms with Gasteiger partial charge in [0, 0.05) is 0 Å². The van der Waals surface area contributed by atoms with Crippen molar-refractivity contribution in [3.05, 3.63) is 60.2 Å². The third-order valence-electron chi connectivity index (χ3n) is 3.60. The number of nitrogens with two attached hydrogens (primary N) is 1. The predicted octanol–water partition coefficient (Wildman–Crippen LogP) is 2.49. The molecule has 1 aliphatic rings. The van der Waals surface area contributed by atoms with Crippen molar-refractivity contribution in [2.24, 2.45) is 10.7 Å². The van der Waals surface area contributed by atoms with Crippen LogP contribution in [0, 0.1) is 0 Å². The molecule has 96 valence electrons. The fraction of sp³-hybridized carbons (Fsp3) is 0.188. The van der Waals surface area contributed by atoms with E-state index in [1.807, 2.05) is 6.07 Å². The van der Waals surface area contributed by atoms with E-state index >= 15 is 0 Å². The minimum Gasteiger partial charge on any atom is -0.370 e. The number of benzene rings is 2. The molecular weight excluding hydrogens is 234 g/mol. The monoisotopic (exact) mass is 251 g/mol. The molecule has 0 saturated heterocycles. The van der Waals surface area contributed by atoms with Crippen LogP contribution in [0.1, 0.15) is 12.5 Å². The first kappa shape index (κ1) is 11.8. The van der Waals surface area contributed by atoms with Gasteiger partial charge in [0.05, 0.1) is 12.1 Å².